The fourth-order valence-corrected chi connectivity index (χ4v) is 2.00. The molecule has 0 fully saturated rings. The highest BCUT2D eigenvalue weighted by Gasteiger charge is 2.15. The molecule has 0 radical (unpaired) electrons. The van der Waals surface area contributed by atoms with E-state index in [0.29, 0.717) is 0 Å². The summed E-state index contributed by atoms with van der Waals surface area (Å²) in [5.74, 6) is 0.723. The Morgan fingerprint density at radius 1 is 1.20 bits per heavy atom. The van der Waals surface area contributed by atoms with Gasteiger partial charge < -0.3 is 0 Å². The van der Waals surface area contributed by atoms with Crippen LogP contribution in [0.5, 0.6) is 0 Å². The van der Waals surface area contributed by atoms with Gasteiger partial charge in [0.05, 0.1) is 0 Å². The molecule has 0 unspecified atom stereocenters. The monoisotopic (exact) mass is 154 g/mol. The van der Waals surface area contributed by atoms with Crippen molar-refractivity contribution in [3.8, 4) is 0 Å². The average molecular weight is 154 g/mol. The number of hydrogen-bond acceptors (Lipinski definition) is 0. The number of rotatable bonds is 2. The van der Waals surface area contributed by atoms with E-state index in [0.717, 1.165) is 11.6 Å². The van der Waals surface area contributed by atoms with Gasteiger partial charge in [-0.2, -0.15) is 0 Å². The molecule has 0 aromatic heterocycles. The lowest BCUT2D eigenvalue weighted by molar-refractivity contribution is 0.795. The minimum absolute atomic E-state index is 0.225. The number of hydrogen-bond donors (Lipinski definition) is 0. The summed E-state index contributed by atoms with van der Waals surface area (Å²) in [6.07, 6.45) is 8.90. The van der Waals surface area contributed by atoms with Crippen LogP contribution in [0.1, 0.15) is 6.92 Å². The minimum atomic E-state index is 0.225. The zero-order valence-electron chi connectivity index (χ0n) is 6.91. The van der Waals surface area contributed by atoms with Crippen molar-refractivity contribution in [1.29, 1.82) is 0 Å². The van der Waals surface area contributed by atoms with E-state index in [1.165, 1.54) is 0 Å². The quantitative estimate of drug-likeness (QED) is 0.536. The van der Waals surface area contributed by atoms with Crippen molar-refractivity contribution >= 4 is 7.92 Å². The van der Waals surface area contributed by atoms with Crippen molar-refractivity contribution in [2.45, 2.75) is 12.6 Å². The van der Waals surface area contributed by atoms with E-state index >= 15 is 0 Å². The predicted octanol–water partition coefficient (Wildman–Crippen LogP) is 2.86. The molecule has 0 saturated carbocycles. The first-order valence-electron chi connectivity index (χ1n) is 3.73. The first-order valence-corrected chi connectivity index (χ1v) is 6.04. The minimum Gasteiger partial charge on any atom is -0.109 e. The van der Waals surface area contributed by atoms with Crippen LogP contribution in [0.4, 0.5) is 0 Å². The SMILES string of the molecule is C[C@H](C1C=CC=C1)P(C)C. The van der Waals surface area contributed by atoms with Crippen molar-refractivity contribution in [3.63, 3.8) is 0 Å². The van der Waals surface area contributed by atoms with Crippen LogP contribution in [0, 0.1) is 5.92 Å². The first kappa shape index (κ1) is 8.01. The molecule has 0 spiro atoms. The van der Waals surface area contributed by atoms with Crippen LogP contribution in [0.3, 0.4) is 0 Å². The summed E-state index contributed by atoms with van der Waals surface area (Å²) in [4.78, 5) is 0. The fourth-order valence-electron chi connectivity index (χ4n) is 1.11. The van der Waals surface area contributed by atoms with Gasteiger partial charge in [-0.25, -0.2) is 0 Å². The van der Waals surface area contributed by atoms with E-state index in [4.69, 9.17) is 0 Å². The van der Waals surface area contributed by atoms with Crippen molar-refractivity contribution in [2.75, 3.05) is 13.3 Å². The lowest BCUT2D eigenvalue weighted by Gasteiger charge is -2.19. The van der Waals surface area contributed by atoms with E-state index in [1.54, 1.807) is 0 Å². The highest BCUT2D eigenvalue weighted by Crippen LogP contribution is 2.38. The fraction of sp³-hybridized carbons (Fsp3) is 0.556. The molecule has 1 atom stereocenters. The summed E-state index contributed by atoms with van der Waals surface area (Å²) in [5, 5.41) is 0. The molecule has 0 aliphatic heterocycles. The molecule has 1 aliphatic rings. The van der Waals surface area contributed by atoms with Gasteiger partial charge in [0.1, 0.15) is 0 Å². The molecule has 0 N–H and O–H groups in total. The van der Waals surface area contributed by atoms with Crippen molar-refractivity contribution < 1.29 is 0 Å². The van der Waals surface area contributed by atoms with Gasteiger partial charge in [-0.3, -0.25) is 0 Å². The average Bonchev–Trinajstić information content (AvgIpc) is 2.36. The normalized spacial score (nSPS) is 20.8. The maximum absolute atomic E-state index is 2.35. The van der Waals surface area contributed by atoms with Gasteiger partial charge in [0.2, 0.25) is 0 Å². The van der Waals surface area contributed by atoms with Crippen molar-refractivity contribution in [1.82, 2.24) is 0 Å². The molecule has 1 aliphatic carbocycles. The predicted molar refractivity (Wildman–Crippen MR) is 50.0 cm³/mol. The van der Waals surface area contributed by atoms with E-state index in [9.17, 15) is 0 Å². The van der Waals surface area contributed by atoms with Crippen LogP contribution >= 0.6 is 7.92 Å². The van der Waals surface area contributed by atoms with Gasteiger partial charge in [-0.1, -0.05) is 31.2 Å². The standard InChI is InChI=1S/C9H15P/c1-8(10(2)3)9-6-4-5-7-9/h4-9H,1-3H3/t8-/m1/s1. The second-order valence-electron chi connectivity index (χ2n) is 3.05. The molecule has 0 nitrogen and oxygen atoms in total. The van der Waals surface area contributed by atoms with Crippen molar-refractivity contribution in [3.05, 3.63) is 24.3 Å². The Labute approximate surface area is 64.8 Å². The summed E-state index contributed by atoms with van der Waals surface area (Å²) in [7, 11) is 0.225. The zero-order chi connectivity index (χ0) is 7.56. The molecule has 0 aromatic rings. The number of allylic oxidation sites excluding steroid dienone is 4. The third kappa shape index (κ3) is 1.70. The second-order valence-corrected chi connectivity index (χ2v) is 5.79. The molecule has 1 heteroatoms. The molecule has 0 saturated heterocycles. The third-order valence-electron chi connectivity index (χ3n) is 2.15. The Balaban J connectivity index is 2.49. The van der Waals surface area contributed by atoms with Gasteiger partial charge in [0.15, 0.2) is 0 Å². The Kier molecular flexibility index (Phi) is 2.68. The maximum atomic E-state index is 2.35. The molecular formula is C9H15P. The van der Waals surface area contributed by atoms with Crippen LogP contribution in [-0.4, -0.2) is 19.0 Å². The Morgan fingerprint density at radius 3 is 2.10 bits per heavy atom. The Hall–Kier alpha value is -0.0900. The maximum Gasteiger partial charge on any atom is 0.00175 e. The molecule has 10 heavy (non-hydrogen) atoms. The van der Waals surface area contributed by atoms with E-state index in [-0.39, 0.29) is 7.92 Å². The summed E-state index contributed by atoms with van der Waals surface area (Å²) >= 11 is 0. The molecule has 1 rings (SSSR count). The van der Waals surface area contributed by atoms with Crippen molar-refractivity contribution in [2.24, 2.45) is 5.92 Å². The molecule has 0 aromatic carbocycles. The van der Waals surface area contributed by atoms with Gasteiger partial charge in [0, 0.05) is 5.92 Å². The lowest BCUT2D eigenvalue weighted by Crippen LogP contribution is -2.08. The molecular weight excluding hydrogens is 139 g/mol. The van der Waals surface area contributed by atoms with Gasteiger partial charge >= 0.3 is 0 Å². The molecule has 0 amide bonds. The van der Waals surface area contributed by atoms with Crippen LogP contribution in [0.15, 0.2) is 24.3 Å². The van der Waals surface area contributed by atoms with Gasteiger partial charge in [-0.05, 0) is 19.0 Å². The lowest BCUT2D eigenvalue weighted by atomic mass is 10.1. The Bertz CT molecular complexity index is 144. The summed E-state index contributed by atoms with van der Waals surface area (Å²) < 4.78 is 0. The molecule has 0 bridgehead atoms. The van der Waals surface area contributed by atoms with E-state index in [2.05, 4.69) is 44.6 Å². The van der Waals surface area contributed by atoms with E-state index in [1.807, 2.05) is 0 Å². The summed E-state index contributed by atoms with van der Waals surface area (Å²) in [6.45, 7) is 7.04. The molecule has 0 heterocycles. The zero-order valence-corrected chi connectivity index (χ0v) is 7.81. The van der Waals surface area contributed by atoms with E-state index < -0.39 is 0 Å². The van der Waals surface area contributed by atoms with Gasteiger partial charge in [0.25, 0.3) is 0 Å². The van der Waals surface area contributed by atoms with Gasteiger partial charge in [-0.15, -0.1) is 7.92 Å². The highest BCUT2D eigenvalue weighted by atomic mass is 31.1. The van der Waals surface area contributed by atoms with Crippen LogP contribution in [-0.2, 0) is 0 Å². The Morgan fingerprint density at radius 2 is 1.70 bits per heavy atom. The van der Waals surface area contributed by atoms with Crippen LogP contribution in [0.25, 0.3) is 0 Å². The van der Waals surface area contributed by atoms with Crippen LogP contribution in [0.2, 0.25) is 0 Å². The third-order valence-corrected chi connectivity index (χ3v) is 4.12. The van der Waals surface area contributed by atoms with Crippen LogP contribution < -0.4 is 0 Å². The largest absolute Gasteiger partial charge is 0.109 e. The first-order chi connectivity index (χ1) is 4.72. The highest BCUT2D eigenvalue weighted by molar-refractivity contribution is 7.56. The second kappa shape index (κ2) is 3.34. The smallest absolute Gasteiger partial charge is 0.00175 e. The molecule has 56 valence electrons. The summed E-state index contributed by atoms with van der Waals surface area (Å²) in [5.41, 5.74) is 0.852. The topological polar surface area (TPSA) is 0 Å². The summed E-state index contributed by atoms with van der Waals surface area (Å²) in [6, 6.07) is 0.